The molecule has 4 heteroatoms. The molecule has 1 saturated heterocycles. The van der Waals surface area contributed by atoms with Gasteiger partial charge in [-0.05, 0) is 31.2 Å². The molecule has 1 atom stereocenters. The van der Waals surface area contributed by atoms with Crippen molar-refractivity contribution in [2.24, 2.45) is 0 Å². The molecule has 1 aliphatic heterocycles. The predicted molar refractivity (Wildman–Crippen MR) is 74.8 cm³/mol. The van der Waals surface area contributed by atoms with Crippen LogP contribution in [0.4, 0.5) is 5.69 Å². The van der Waals surface area contributed by atoms with Crippen LogP contribution in [0.2, 0.25) is 0 Å². The topological polar surface area (TPSA) is 37.4 Å². The number of amides is 2. The average molecular weight is 263 g/mol. The van der Waals surface area contributed by atoms with E-state index in [9.17, 15) is 9.59 Å². The number of nitrogens with zero attached hydrogens (tertiary/aromatic N) is 1. The summed E-state index contributed by atoms with van der Waals surface area (Å²) in [7, 11) is 0. The van der Waals surface area contributed by atoms with Crippen molar-refractivity contribution < 1.29 is 9.59 Å². The summed E-state index contributed by atoms with van der Waals surface area (Å²) in [5.41, 5.74) is 1.81. The van der Waals surface area contributed by atoms with E-state index in [-0.39, 0.29) is 17.1 Å². The second kappa shape index (κ2) is 5.57. The van der Waals surface area contributed by atoms with Gasteiger partial charge in [-0.25, -0.2) is 4.90 Å². The molecule has 0 N–H and O–H groups in total. The first-order valence-electron chi connectivity index (χ1n) is 6.18. The molecule has 0 radical (unpaired) electrons. The first-order chi connectivity index (χ1) is 8.63. The van der Waals surface area contributed by atoms with Crippen LogP contribution in [0.3, 0.4) is 0 Å². The number of anilines is 1. The van der Waals surface area contributed by atoms with Crippen LogP contribution in [0.5, 0.6) is 0 Å². The first kappa shape index (κ1) is 13.1. The Morgan fingerprint density at radius 3 is 2.56 bits per heavy atom. The fraction of sp³-hybridized carbons (Fsp3) is 0.429. The molecule has 2 amide bonds. The highest BCUT2D eigenvalue weighted by Gasteiger charge is 2.39. The molecule has 3 nitrogen and oxygen atoms in total. The van der Waals surface area contributed by atoms with Crippen LogP contribution in [-0.4, -0.2) is 22.8 Å². The molecule has 1 fully saturated rings. The normalized spacial score (nSPS) is 19.7. The Hall–Kier alpha value is -1.29. The highest BCUT2D eigenvalue weighted by atomic mass is 32.2. The number of benzene rings is 1. The van der Waals surface area contributed by atoms with Gasteiger partial charge in [-0.15, -0.1) is 11.8 Å². The van der Waals surface area contributed by atoms with Gasteiger partial charge < -0.3 is 0 Å². The van der Waals surface area contributed by atoms with Crippen LogP contribution in [-0.2, 0) is 9.59 Å². The van der Waals surface area contributed by atoms with Crippen LogP contribution in [0, 0.1) is 6.92 Å². The number of carbonyl (C=O) groups is 2. The number of rotatable bonds is 4. The van der Waals surface area contributed by atoms with Crippen LogP contribution in [0.25, 0.3) is 0 Å². The maximum Gasteiger partial charge on any atom is 0.247 e. The van der Waals surface area contributed by atoms with Crippen LogP contribution < -0.4 is 4.90 Å². The van der Waals surface area contributed by atoms with Crippen molar-refractivity contribution in [3.05, 3.63) is 29.8 Å². The van der Waals surface area contributed by atoms with Crippen LogP contribution >= 0.6 is 11.8 Å². The minimum atomic E-state index is -0.196. The lowest BCUT2D eigenvalue weighted by Gasteiger charge is -2.15. The lowest BCUT2D eigenvalue weighted by Crippen LogP contribution is -2.31. The molecule has 2 rings (SSSR count). The molecule has 0 bridgehead atoms. The molecule has 1 unspecified atom stereocenters. The van der Waals surface area contributed by atoms with Crippen molar-refractivity contribution in [1.82, 2.24) is 0 Å². The summed E-state index contributed by atoms with van der Waals surface area (Å²) < 4.78 is 0. The summed E-state index contributed by atoms with van der Waals surface area (Å²) in [6, 6.07) is 7.50. The molecule has 1 aromatic rings. The molecule has 0 aromatic heterocycles. The van der Waals surface area contributed by atoms with Gasteiger partial charge in [-0.1, -0.05) is 24.6 Å². The minimum Gasteiger partial charge on any atom is -0.274 e. The second-order valence-corrected chi connectivity index (χ2v) is 5.78. The van der Waals surface area contributed by atoms with Gasteiger partial charge in [0.15, 0.2) is 0 Å². The Balaban J connectivity index is 2.16. The first-order valence-corrected chi connectivity index (χ1v) is 7.23. The van der Waals surface area contributed by atoms with Gasteiger partial charge >= 0.3 is 0 Å². The van der Waals surface area contributed by atoms with E-state index in [1.165, 1.54) is 4.90 Å². The Kier molecular flexibility index (Phi) is 4.07. The molecule has 96 valence electrons. The highest BCUT2D eigenvalue weighted by Crippen LogP contribution is 2.29. The van der Waals surface area contributed by atoms with Crippen molar-refractivity contribution in [3.8, 4) is 0 Å². The second-order valence-electron chi connectivity index (χ2n) is 4.47. The molecule has 0 spiro atoms. The third kappa shape index (κ3) is 2.58. The molecule has 18 heavy (non-hydrogen) atoms. The van der Waals surface area contributed by atoms with Gasteiger partial charge in [0.05, 0.1) is 10.9 Å². The number of hydrogen-bond acceptors (Lipinski definition) is 3. The van der Waals surface area contributed by atoms with Crippen molar-refractivity contribution in [2.45, 2.75) is 31.9 Å². The van der Waals surface area contributed by atoms with Crippen LogP contribution in [0.15, 0.2) is 24.3 Å². The third-order valence-corrected chi connectivity index (χ3v) is 4.34. The molecule has 1 aliphatic rings. The largest absolute Gasteiger partial charge is 0.274 e. The van der Waals surface area contributed by atoms with Crippen molar-refractivity contribution in [1.29, 1.82) is 0 Å². The summed E-state index contributed by atoms with van der Waals surface area (Å²) in [4.78, 5) is 25.5. The lowest BCUT2D eigenvalue weighted by molar-refractivity contribution is -0.121. The summed E-state index contributed by atoms with van der Waals surface area (Å²) in [6.45, 7) is 4.06. The minimum absolute atomic E-state index is 0.0673. The van der Waals surface area contributed by atoms with E-state index in [4.69, 9.17) is 0 Å². The molecule has 0 saturated carbocycles. The summed E-state index contributed by atoms with van der Waals surface area (Å²) in [5, 5.41) is -0.196. The smallest absolute Gasteiger partial charge is 0.247 e. The van der Waals surface area contributed by atoms with E-state index in [0.29, 0.717) is 12.1 Å². The van der Waals surface area contributed by atoms with Gasteiger partial charge in [0.1, 0.15) is 0 Å². The molecular formula is C14H17NO2S. The van der Waals surface area contributed by atoms with E-state index in [2.05, 4.69) is 6.92 Å². The maximum atomic E-state index is 12.2. The molecule has 1 heterocycles. The number of hydrogen-bond donors (Lipinski definition) is 0. The number of imide groups is 1. The third-order valence-electron chi connectivity index (χ3n) is 2.92. The quantitative estimate of drug-likeness (QED) is 0.784. The predicted octanol–water partition coefficient (Wildman–Crippen LogP) is 2.77. The molecule has 1 aromatic carbocycles. The van der Waals surface area contributed by atoms with E-state index >= 15 is 0 Å². The Morgan fingerprint density at radius 1 is 1.28 bits per heavy atom. The zero-order valence-corrected chi connectivity index (χ0v) is 11.5. The van der Waals surface area contributed by atoms with Gasteiger partial charge in [-0.2, -0.15) is 0 Å². The number of aryl methyl sites for hydroxylation is 1. The SMILES string of the molecule is CCCSC1CC(=O)N(c2ccc(C)cc2)C1=O. The highest BCUT2D eigenvalue weighted by molar-refractivity contribution is 8.00. The van der Waals surface area contributed by atoms with Gasteiger partial charge in [0, 0.05) is 6.42 Å². The molecular weight excluding hydrogens is 246 g/mol. The Morgan fingerprint density at radius 2 is 1.94 bits per heavy atom. The Bertz CT molecular complexity index is 455. The zero-order valence-electron chi connectivity index (χ0n) is 10.7. The number of carbonyl (C=O) groups excluding carboxylic acids is 2. The van der Waals surface area contributed by atoms with Gasteiger partial charge in [0.25, 0.3) is 0 Å². The Labute approximate surface area is 112 Å². The average Bonchev–Trinajstić information content (AvgIpc) is 2.63. The monoisotopic (exact) mass is 263 g/mol. The zero-order chi connectivity index (χ0) is 13.1. The summed E-state index contributed by atoms with van der Waals surface area (Å²) in [5.74, 6) is 0.769. The van der Waals surface area contributed by atoms with Crippen molar-refractivity contribution >= 4 is 29.3 Å². The standard InChI is InChI=1S/C14H17NO2S/c1-3-8-18-12-9-13(16)15(14(12)17)11-6-4-10(2)5-7-11/h4-7,12H,3,8-9H2,1-2H3. The summed E-state index contributed by atoms with van der Waals surface area (Å²) in [6.07, 6.45) is 1.35. The van der Waals surface area contributed by atoms with E-state index in [1.54, 1.807) is 11.8 Å². The fourth-order valence-electron chi connectivity index (χ4n) is 1.96. The maximum absolute atomic E-state index is 12.2. The van der Waals surface area contributed by atoms with Gasteiger partial charge in [0.2, 0.25) is 11.8 Å². The summed E-state index contributed by atoms with van der Waals surface area (Å²) >= 11 is 1.59. The molecule has 0 aliphatic carbocycles. The fourth-order valence-corrected chi connectivity index (χ4v) is 2.99. The number of thioether (sulfide) groups is 1. The van der Waals surface area contributed by atoms with Crippen molar-refractivity contribution in [2.75, 3.05) is 10.7 Å². The van der Waals surface area contributed by atoms with E-state index in [1.807, 2.05) is 31.2 Å². The lowest BCUT2D eigenvalue weighted by atomic mass is 10.2. The van der Waals surface area contributed by atoms with E-state index < -0.39 is 0 Å². The van der Waals surface area contributed by atoms with E-state index in [0.717, 1.165) is 17.7 Å². The van der Waals surface area contributed by atoms with Crippen LogP contribution in [0.1, 0.15) is 25.3 Å². The van der Waals surface area contributed by atoms with Gasteiger partial charge in [-0.3, -0.25) is 9.59 Å². The van der Waals surface area contributed by atoms with Crippen molar-refractivity contribution in [3.63, 3.8) is 0 Å².